The minimum atomic E-state index is -0.505. The van der Waals surface area contributed by atoms with E-state index in [0.717, 1.165) is 5.56 Å². The molecule has 1 unspecified atom stereocenters. The van der Waals surface area contributed by atoms with Gasteiger partial charge in [-0.3, -0.25) is 4.90 Å². The molecule has 8 nitrogen and oxygen atoms in total. The lowest BCUT2D eigenvalue weighted by atomic mass is 9.99. The van der Waals surface area contributed by atoms with Gasteiger partial charge in [-0.15, -0.1) is 0 Å². The number of piperidine rings is 1. The summed E-state index contributed by atoms with van der Waals surface area (Å²) in [6, 6.07) is 16.2. The standard InChI is InChI=1S/C23H25N3O5/c1-30-21(27)18-9-5-6-10-19(18)24-22(28)25-13-11-17(12-14-25)26-20(15-31-23(26)29)16-7-3-2-4-8-16/h2-10,17,20H,11-15H2,1H3,(H,24,28). The van der Waals surface area contributed by atoms with Crippen LogP contribution in [0.3, 0.4) is 0 Å². The van der Waals surface area contributed by atoms with E-state index in [9.17, 15) is 14.4 Å². The third-order valence-corrected chi connectivity index (χ3v) is 5.81. The number of carbonyl (C=O) groups is 3. The van der Waals surface area contributed by atoms with Gasteiger partial charge >= 0.3 is 18.1 Å². The lowest BCUT2D eigenvalue weighted by Gasteiger charge is -2.37. The Morgan fingerprint density at radius 1 is 1.03 bits per heavy atom. The summed E-state index contributed by atoms with van der Waals surface area (Å²) in [5.41, 5.74) is 1.76. The Labute approximate surface area is 180 Å². The molecule has 0 radical (unpaired) electrons. The number of para-hydroxylation sites is 1. The second kappa shape index (κ2) is 9.07. The van der Waals surface area contributed by atoms with E-state index >= 15 is 0 Å². The van der Waals surface area contributed by atoms with Crippen molar-refractivity contribution in [1.82, 2.24) is 9.80 Å². The number of urea groups is 1. The second-order valence-corrected chi connectivity index (χ2v) is 7.60. The van der Waals surface area contributed by atoms with Crippen LogP contribution in [0.1, 0.15) is 34.8 Å². The number of anilines is 1. The van der Waals surface area contributed by atoms with Gasteiger partial charge in [0.05, 0.1) is 24.4 Å². The lowest BCUT2D eigenvalue weighted by molar-refractivity contribution is 0.0602. The van der Waals surface area contributed by atoms with Crippen molar-refractivity contribution in [3.63, 3.8) is 0 Å². The number of ether oxygens (including phenoxy) is 2. The van der Waals surface area contributed by atoms with E-state index in [1.165, 1.54) is 7.11 Å². The van der Waals surface area contributed by atoms with Gasteiger partial charge in [0.1, 0.15) is 6.61 Å². The first-order valence-corrected chi connectivity index (χ1v) is 10.3. The molecule has 4 rings (SSSR count). The number of nitrogens with zero attached hydrogens (tertiary/aromatic N) is 2. The van der Waals surface area contributed by atoms with Crippen LogP contribution in [0, 0.1) is 0 Å². The van der Waals surface area contributed by atoms with E-state index in [1.54, 1.807) is 29.2 Å². The molecule has 8 heteroatoms. The van der Waals surface area contributed by atoms with Gasteiger partial charge in [-0.1, -0.05) is 42.5 Å². The summed E-state index contributed by atoms with van der Waals surface area (Å²) >= 11 is 0. The zero-order valence-corrected chi connectivity index (χ0v) is 17.3. The minimum absolute atomic E-state index is 0.00612. The Hall–Kier alpha value is -3.55. The van der Waals surface area contributed by atoms with Gasteiger partial charge in [0, 0.05) is 19.1 Å². The fourth-order valence-corrected chi connectivity index (χ4v) is 4.19. The van der Waals surface area contributed by atoms with Crippen molar-refractivity contribution < 1.29 is 23.9 Å². The van der Waals surface area contributed by atoms with Gasteiger partial charge in [-0.25, -0.2) is 14.4 Å². The van der Waals surface area contributed by atoms with Crippen molar-refractivity contribution in [2.75, 3.05) is 32.1 Å². The number of cyclic esters (lactones) is 1. The van der Waals surface area contributed by atoms with Crippen LogP contribution in [0.5, 0.6) is 0 Å². The van der Waals surface area contributed by atoms with Crippen LogP contribution in [-0.4, -0.2) is 60.7 Å². The van der Waals surface area contributed by atoms with Gasteiger partial charge < -0.3 is 19.7 Å². The molecule has 162 valence electrons. The summed E-state index contributed by atoms with van der Waals surface area (Å²) in [4.78, 5) is 40.6. The smallest absolute Gasteiger partial charge is 0.410 e. The second-order valence-electron chi connectivity index (χ2n) is 7.60. The van der Waals surface area contributed by atoms with Crippen LogP contribution in [0.2, 0.25) is 0 Å². The highest BCUT2D eigenvalue weighted by molar-refractivity contribution is 6.00. The van der Waals surface area contributed by atoms with Crippen LogP contribution in [0.15, 0.2) is 54.6 Å². The highest BCUT2D eigenvalue weighted by atomic mass is 16.6. The minimum Gasteiger partial charge on any atom is -0.465 e. The fraction of sp³-hybridized carbons (Fsp3) is 0.348. The van der Waals surface area contributed by atoms with Crippen molar-refractivity contribution in [3.05, 3.63) is 65.7 Å². The number of likely N-dealkylation sites (tertiary alicyclic amines) is 1. The average molecular weight is 423 g/mol. The van der Waals surface area contributed by atoms with Gasteiger partial charge in [0.25, 0.3) is 0 Å². The molecule has 2 aromatic rings. The maximum atomic E-state index is 12.8. The predicted molar refractivity (Wildman–Crippen MR) is 114 cm³/mol. The number of esters is 1. The predicted octanol–water partition coefficient (Wildman–Crippen LogP) is 3.66. The monoisotopic (exact) mass is 423 g/mol. The quantitative estimate of drug-likeness (QED) is 0.759. The van der Waals surface area contributed by atoms with Gasteiger partial charge in [-0.2, -0.15) is 0 Å². The Kier molecular flexibility index (Phi) is 6.06. The largest absolute Gasteiger partial charge is 0.465 e. The van der Waals surface area contributed by atoms with E-state index in [4.69, 9.17) is 9.47 Å². The lowest BCUT2D eigenvalue weighted by Crippen LogP contribution is -2.48. The third kappa shape index (κ3) is 4.33. The van der Waals surface area contributed by atoms with Crippen LogP contribution in [-0.2, 0) is 9.47 Å². The fourth-order valence-electron chi connectivity index (χ4n) is 4.19. The van der Waals surface area contributed by atoms with Gasteiger partial charge in [0.2, 0.25) is 0 Å². The molecule has 1 N–H and O–H groups in total. The van der Waals surface area contributed by atoms with Gasteiger partial charge in [-0.05, 0) is 30.5 Å². The highest BCUT2D eigenvalue weighted by Crippen LogP contribution is 2.33. The number of methoxy groups -OCH3 is 1. The number of carbonyl (C=O) groups excluding carboxylic acids is 3. The molecule has 2 heterocycles. The van der Waals surface area contributed by atoms with Crippen molar-refractivity contribution in [2.24, 2.45) is 0 Å². The summed E-state index contributed by atoms with van der Waals surface area (Å²) < 4.78 is 10.1. The molecule has 2 aliphatic heterocycles. The molecule has 0 saturated carbocycles. The van der Waals surface area contributed by atoms with Crippen molar-refractivity contribution in [2.45, 2.75) is 24.9 Å². The van der Waals surface area contributed by atoms with E-state index < -0.39 is 5.97 Å². The molecule has 0 bridgehead atoms. The summed E-state index contributed by atoms with van der Waals surface area (Å²) in [5.74, 6) is -0.505. The SMILES string of the molecule is COC(=O)c1ccccc1NC(=O)N1CCC(N2C(=O)OCC2c2ccccc2)CC1. The summed E-state index contributed by atoms with van der Waals surface area (Å²) in [6.45, 7) is 1.35. The third-order valence-electron chi connectivity index (χ3n) is 5.81. The molecule has 3 amide bonds. The zero-order chi connectivity index (χ0) is 21.8. The number of rotatable bonds is 4. The summed E-state index contributed by atoms with van der Waals surface area (Å²) in [7, 11) is 1.30. The van der Waals surface area contributed by atoms with E-state index in [-0.39, 0.29) is 24.2 Å². The molecule has 0 spiro atoms. The molecule has 2 aromatic carbocycles. The number of amides is 3. The first-order chi connectivity index (χ1) is 15.1. The van der Waals surface area contributed by atoms with Crippen molar-refractivity contribution in [1.29, 1.82) is 0 Å². The summed E-state index contributed by atoms with van der Waals surface area (Å²) in [5, 5.41) is 2.80. The average Bonchev–Trinajstić information content (AvgIpc) is 3.21. The molecule has 2 aliphatic rings. The van der Waals surface area contributed by atoms with Crippen molar-refractivity contribution in [3.8, 4) is 0 Å². The molecular weight excluding hydrogens is 398 g/mol. The zero-order valence-electron chi connectivity index (χ0n) is 17.3. The van der Waals surface area contributed by atoms with Crippen molar-refractivity contribution >= 4 is 23.8 Å². The van der Waals surface area contributed by atoms with E-state index in [1.807, 2.05) is 35.2 Å². The maximum Gasteiger partial charge on any atom is 0.410 e. The molecule has 1 atom stereocenters. The number of nitrogens with one attached hydrogen (secondary N) is 1. The Morgan fingerprint density at radius 3 is 2.42 bits per heavy atom. The molecular formula is C23H25N3O5. The number of hydrogen-bond donors (Lipinski definition) is 1. The molecule has 0 aliphatic carbocycles. The van der Waals surface area contributed by atoms with Crippen LogP contribution >= 0.6 is 0 Å². The van der Waals surface area contributed by atoms with Gasteiger partial charge in [0.15, 0.2) is 0 Å². The first-order valence-electron chi connectivity index (χ1n) is 10.3. The maximum absolute atomic E-state index is 12.8. The van der Waals surface area contributed by atoms with Crippen LogP contribution in [0.25, 0.3) is 0 Å². The topological polar surface area (TPSA) is 88.2 Å². The normalized spacial score (nSPS) is 19.1. The first kappa shape index (κ1) is 20.7. The molecule has 0 aromatic heterocycles. The van der Waals surface area contributed by atoms with Crippen LogP contribution < -0.4 is 5.32 Å². The van der Waals surface area contributed by atoms with E-state index in [2.05, 4.69) is 5.32 Å². The molecule has 2 fully saturated rings. The molecule has 2 saturated heterocycles. The Balaban J connectivity index is 1.39. The van der Waals surface area contributed by atoms with E-state index in [0.29, 0.717) is 43.8 Å². The number of hydrogen-bond acceptors (Lipinski definition) is 5. The number of benzene rings is 2. The summed E-state index contributed by atoms with van der Waals surface area (Å²) in [6.07, 6.45) is 1.01. The van der Waals surface area contributed by atoms with Crippen LogP contribution in [0.4, 0.5) is 15.3 Å². The highest BCUT2D eigenvalue weighted by Gasteiger charge is 2.40. The Morgan fingerprint density at radius 2 is 1.71 bits per heavy atom. The molecule has 31 heavy (non-hydrogen) atoms. The Bertz CT molecular complexity index is 957.